The summed E-state index contributed by atoms with van der Waals surface area (Å²) in [6.45, 7) is 3.25. The predicted molar refractivity (Wildman–Crippen MR) is 116 cm³/mol. The molecule has 0 atom stereocenters. The molecule has 0 aliphatic heterocycles. The molecule has 4 aromatic rings. The molecule has 4 rings (SSSR count). The summed E-state index contributed by atoms with van der Waals surface area (Å²) in [5.74, 6) is -0.596. The molecule has 0 saturated heterocycles. The zero-order valence-corrected chi connectivity index (χ0v) is 18.8. The van der Waals surface area contributed by atoms with Gasteiger partial charge in [-0.15, -0.1) is 5.10 Å². The number of aromatic nitrogens is 4. The summed E-state index contributed by atoms with van der Waals surface area (Å²) in [5.41, 5.74) is -0.223. The van der Waals surface area contributed by atoms with E-state index in [4.69, 9.17) is 11.6 Å². The van der Waals surface area contributed by atoms with Gasteiger partial charge >= 0.3 is 11.9 Å². The first-order valence-electron chi connectivity index (χ1n) is 9.60. The minimum atomic E-state index is -4.67. The van der Waals surface area contributed by atoms with Gasteiger partial charge in [0, 0.05) is 23.0 Å². The molecule has 0 saturated carbocycles. The lowest BCUT2D eigenvalue weighted by Gasteiger charge is -2.11. The van der Waals surface area contributed by atoms with Crippen LogP contribution in [0.4, 0.5) is 13.2 Å². The van der Waals surface area contributed by atoms with E-state index in [0.29, 0.717) is 31.4 Å². The van der Waals surface area contributed by atoms with E-state index in [9.17, 15) is 26.4 Å². The molecule has 3 heterocycles. The Labute approximate surface area is 191 Å². The molecule has 12 heteroatoms. The number of benzene rings is 1. The van der Waals surface area contributed by atoms with Gasteiger partial charge < -0.3 is 0 Å². The average molecular weight is 497 g/mol. The van der Waals surface area contributed by atoms with Gasteiger partial charge in [0.05, 0.1) is 11.3 Å². The first kappa shape index (κ1) is 23.0. The molecule has 0 spiro atoms. The second kappa shape index (κ2) is 7.99. The summed E-state index contributed by atoms with van der Waals surface area (Å²) < 4.78 is 66.3. The van der Waals surface area contributed by atoms with E-state index >= 15 is 0 Å². The van der Waals surface area contributed by atoms with Crippen molar-refractivity contribution >= 4 is 27.1 Å². The Morgan fingerprint density at radius 1 is 1.09 bits per heavy atom. The third-order valence-corrected chi connectivity index (χ3v) is 6.92. The van der Waals surface area contributed by atoms with Crippen LogP contribution in [-0.4, -0.2) is 33.3 Å². The number of alkyl halides is 3. The Hall–Kier alpha value is -3.18. The summed E-state index contributed by atoms with van der Waals surface area (Å²) in [7, 11) is -3.90. The van der Waals surface area contributed by atoms with Crippen LogP contribution >= 0.6 is 11.6 Å². The van der Waals surface area contributed by atoms with E-state index in [2.05, 4.69) is 10.1 Å². The molecule has 0 fully saturated rings. The van der Waals surface area contributed by atoms with Gasteiger partial charge in [0.2, 0.25) is 0 Å². The minimum absolute atomic E-state index is 0.0933. The van der Waals surface area contributed by atoms with Crippen molar-refractivity contribution in [3.8, 4) is 16.9 Å². The number of sulfone groups is 1. The monoisotopic (exact) mass is 496 g/mol. The molecule has 33 heavy (non-hydrogen) atoms. The summed E-state index contributed by atoms with van der Waals surface area (Å²) in [5, 5.41) is 4.45. The van der Waals surface area contributed by atoms with Crippen LogP contribution < -0.4 is 5.69 Å². The van der Waals surface area contributed by atoms with Gasteiger partial charge in [-0.1, -0.05) is 24.6 Å². The topological polar surface area (TPSA) is 86.3 Å². The van der Waals surface area contributed by atoms with Crippen LogP contribution in [0, 0.1) is 6.92 Å². The smallest absolute Gasteiger partial charge is 0.249 e. The quantitative estimate of drug-likeness (QED) is 0.420. The minimum Gasteiger partial charge on any atom is -0.249 e. The van der Waals surface area contributed by atoms with Crippen LogP contribution in [-0.2, 0) is 16.0 Å². The van der Waals surface area contributed by atoms with Crippen LogP contribution in [0.5, 0.6) is 0 Å². The van der Waals surface area contributed by atoms with E-state index < -0.39 is 27.3 Å². The highest BCUT2D eigenvalue weighted by Gasteiger charge is 2.31. The van der Waals surface area contributed by atoms with E-state index in [0.717, 1.165) is 17.7 Å². The molecule has 0 aliphatic rings. The Morgan fingerprint density at radius 3 is 2.45 bits per heavy atom. The van der Waals surface area contributed by atoms with Crippen LogP contribution in [0.25, 0.3) is 22.6 Å². The number of halogens is 4. The van der Waals surface area contributed by atoms with E-state index in [1.807, 2.05) is 6.92 Å². The van der Waals surface area contributed by atoms with Gasteiger partial charge in [-0.3, -0.25) is 0 Å². The highest BCUT2D eigenvalue weighted by molar-refractivity contribution is 7.91. The predicted octanol–water partition coefficient (Wildman–Crippen LogP) is 4.32. The molecule has 0 N–H and O–H groups in total. The second-order valence-electron chi connectivity index (χ2n) is 7.30. The normalized spacial score (nSPS) is 12.4. The number of fused-ring (bicyclic) bond motifs is 1. The Morgan fingerprint density at radius 2 is 1.82 bits per heavy atom. The maximum atomic E-state index is 13.1. The zero-order chi connectivity index (χ0) is 24.1. The molecule has 172 valence electrons. The van der Waals surface area contributed by atoms with E-state index in [-0.39, 0.29) is 22.1 Å². The van der Waals surface area contributed by atoms with E-state index in [1.54, 1.807) is 18.2 Å². The van der Waals surface area contributed by atoms with Crippen molar-refractivity contribution in [2.45, 2.75) is 24.9 Å². The van der Waals surface area contributed by atoms with Crippen LogP contribution in [0.2, 0.25) is 5.02 Å². The molecule has 0 bridgehead atoms. The maximum Gasteiger partial charge on any atom is 0.417 e. The molecule has 7 nitrogen and oxygen atoms in total. The molecule has 0 aliphatic carbocycles. The van der Waals surface area contributed by atoms with Crippen molar-refractivity contribution < 1.29 is 21.6 Å². The fraction of sp³-hybridized carbons (Fsp3) is 0.190. The van der Waals surface area contributed by atoms with Crippen molar-refractivity contribution in [2.24, 2.45) is 0 Å². The first-order chi connectivity index (χ1) is 15.4. The lowest BCUT2D eigenvalue weighted by Crippen LogP contribution is -2.23. The van der Waals surface area contributed by atoms with Gasteiger partial charge in [0.25, 0.3) is 0 Å². The van der Waals surface area contributed by atoms with Gasteiger partial charge in [-0.25, -0.2) is 22.6 Å². The largest absolute Gasteiger partial charge is 0.417 e. The average Bonchev–Trinajstić information content (AvgIpc) is 3.08. The van der Waals surface area contributed by atoms with Crippen molar-refractivity contribution in [3.63, 3.8) is 0 Å². The molecule has 0 unspecified atom stereocenters. The summed E-state index contributed by atoms with van der Waals surface area (Å²) >= 11 is 6.12. The second-order valence-corrected chi connectivity index (χ2v) is 9.99. The van der Waals surface area contributed by atoms with Crippen molar-refractivity contribution in [2.75, 3.05) is 5.75 Å². The maximum absolute atomic E-state index is 13.1. The van der Waals surface area contributed by atoms with Gasteiger partial charge in [-0.2, -0.15) is 17.9 Å². The fourth-order valence-corrected chi connectivity index (χ4v) is 4.65. The van der Waals surface area contributed by atoms with Crippen LogP contribution in [0.3, 0.4) is 0 Å². The molecular formula is C21H16ClF3N4O3S. The third kappa shape index (κ3) is 4.25. The Balaban J connectivity index is 1.97. The molecule has 0 radical (unpaired) electrons. The van der Waals surface area contributed by atoms with Gasteiger partial charge in [0.15, 0.2) is 21.3 Å². The molecule has 0 amide bonds. The number of nitrogens with zero attached hydrogens (tertiary/aromatic N) is 4. The zero-order valence-electron chi connectivity index (χ0n) is 17.3. The summed E-state index contributed by atoms with van der Waals surface area (Å²) in [6.07, 6.45) is -2.70. The number of hydrogen-bond donors (Lipinski definition) is 0. The highest BCUT2D eigenvalue weighted by atomic mass is 35.5. The molecular weight excluding hydrogens is 481 g/mol. The SMILES string of the molecule is CCS(=O)(=O)c1cc(-c2cc(C)cc(Cl)c2)cnc1-n1nc2ccc(C(F)(F)F)cn2c1=O. The van der Waals surface area contributed by atoms with Crippen LogP contribution in [0.1, 0.15) is 18.1 Å². The first-order valence-corrected chi connectivity index (χ1v) is 11.6. The molecule has 3 aromatic heterocycles. The highest BCUT2D eigenvalue weighted by Crippen LogP contribution is 2.30. The van der Waals surface area contributed by atoms with Crippen molar-refractivity contribution in [1.29, 1.82) is 0 Å². The summed E-state index contributed by atoms with van der Waals surface area (Å²) in [6, 6.07) is 8.33. The standard InChI is InChI=1S/C21H16ClF3N4O3S/c1-3-33(31,32)17-9-14(13-6-12(2)7-16(22)8-13)10-26-19(17)29-20(30)28-11-15(21(23,24)25)4-5-18(28)27-29/h4-11H,3H2,1-2H3. The lowest BCUT2D eigenvalue weighted by molar-refractivity contribution is -0.137. The Kier molecular flexibility index (Phi) is 5.57. The Bertz CT molecular complexity index is 1540. The lowest BCUT2D eigenvalue weighted by atomic mass is 10.1. The third-order valence-electron chi connectivity index (χ3n) is 4.97. The number of aryl methyl sites for hydroxylation is 1. The van der Waals surface area contributed by atoms with Crippen molar-refractivity contribution in [1.82, 2.24) is 19.2 Å². The molecule has 1 aromatic carbocycles. The van der Waals surface area contributed by atoms with Gasteiger partial charge in [0.1, 0.15) is 4.90 Å². The van der Waals surface area contributed by atoms with E-state index in [1.165, 1.54) is 19.2 Å². The van der Waals surface area contributed by atoms with Gasteiger partial charge in [-0.05, 0) is 48.4 Å². The fourth-order valence-electron chi connectivity index (χ4n) is 3.32. The number of hydrogen-bond acceptors (Lipinski definition) is 5. The summed E-state index contributed by atoms with van der Waals surface area (Å²) in [4.78, 5) is 16.8. The number of pyridine rings is 2. The van der Waals surface area contributed by atoms with Crippen LogP contribution in [0.15, 0.2) is 58.5 Å². The number of rotatable bonds is 4. The van der Waals surface area contributed by atoms with Crippen molar-refractivity contribution in [3.05, 3.63) is 75.4 Å².